The topological polar surface area (TPSA) is 49.4 Å². The number of nitrogens with zero attached hydrogens (tertiary/aromatic N) is 1. The van der Waals surface area contributed by atoms with E-state index >= 15 is 0 Å². The minimum absolute atomic E-state index is 0.0300. The second kappa shape index (κ2) is 5.21. The third kappa shape index (κ3) is 2.70. The number of aryl methyl sites for hydroxylation is 1. The summed E-state index contributed by atoms with van der Waals surface area (Å²) in [6, 6.07) is 8.02. The van der Waals surface area contributed by atoms with E-state index in [1.807, 2.05) is 31.2 Å². The predicted molar refractivity (Wildman–Crippen MR) is 68.8 cm³/mol. The van der Waals surface area contributed by atoms with Crippen LogP contribution >= 0.6 is 0 Å². The van der Waals surface area contributed by atoms with Crippen molar-refractivity contribution in [2.45, 2.75) is 19.9 Å². The van der Waals surface area contributed by atoms with Gasteiger partial charge in [-0.15, -0.1) is 0 Å². The van der Waals surface area contributed by atoms with E-state index in [1.54, 1.807) is 11.9 Å². The first kappa shape index (κ1) is 12.6. The van der Waals surface area contributed by atoms with Crippen LogP contribution in [0, 0.1) is 12.8 Å². The van der Waals surface area contributed by atoms with Crippen LogP contribution in [0.25, 0.3) is 0 Å². The molecule has 2 amide bonds. The van der Waals surface area contributed by atoms with Gasteiger partial charge in [-0.2, -0.15) is 0 Å². The van der Waals surface area contributed by atoms with Gasteiger partial charge in [-0.25, -0.2) is 0 Å². The van der Waals surface area contributed by atoms with Gasteiger partial charge in [0.15, 0.2) is 0 Å². The number of carbonyl (C=O) groups excluding carboxylic acids is 2. The Bertz CT molecular complexity index is 471. The first-order valence-corrected chi connectivity index (χ1v) is 6.14. The molecule has 0 bridgehead atoms. The van der Waals surface area contributed by atoms with Crippen molar-refractivity contribution in [2.75, 3.05) is 13.6 Å². The molecule has 1 aromatic rings. The number of hydrogen-bond acceptors (Lipinski definition) is 2. The van der Waals surface area contributed by atoms with Crippen molar-refractivity contribution < 1.29 is 9.59 Å². The summed E-state index contributed by atoms with van der Waals surface area (Å²) in [5.74, 6) is -0.194. The summed E-state index contributed by atoms with van der Waals surface area (Å²) in [6.07, 6.45) is 0.316. The predicted octanol–water partition coefficient (Wildman–Crippen LogP) is 1.09. The first-order valence-electron chi connectivity index (χ1n) is 6.14. The number of hydrogen-bond donors (Lipinski definition) is 1. The summed E-state index contributed by atoms with van der Waals surface area (Å²) in [5.41, 5.74) is 2.32. The number of nitrogens with one attached hydrogen (secondary N) is 1. The number of carbonyl (C=O) groups is 2. The molecule has 18 heavy (non-hydrogen) atoms. The number of benzene rings is 1. The zero-order valence-corrected chi connectivity index (χ0v) is 10.8. The van der Waals surface area contributed by atoms with Gasteiger partial charge in [0.05, 0.1) is 5.92 Å². The maximum atomic E-state index is 12.1. The van der Waals surface area contributed by atoms with Crippen LogP contribution in [-0.2, 0) is 16.1 Å². The van der Waals surface area contributed by atoms with Crippen molar-refractivity contribution in [2.24, 2.45) is 5.92 Å². The molecule has 0 radical (unpaired) electrons. The Morgan fingerprint density at radius 2 is 2.17 bits per heavy atom. The lowest BCUT2D eigenvalue weighted by atomic mass is 10.1. The summed E-state index contributed by atoms with van der Waals surface area (Å²) in [5, 5.41) is 2.69. The second-order valence-electron chi connectivity index (χ2n) is 4.83. The van der Waals surface area contributed by atoms with Crippen LogP contribution in [0.2, 0.25) is 0 Å². The van der Waals surface area contributed by atoms with E-state index < -0.39 is 0 Å². The fourth-order valence-corrected chi connectivity index (χ4v) is 2.21. The molecule has 1 aliphatic heterocycles. The lowest BCUT2D eigenvalue weighted by Gasteiger charge is -2.21. The molecule has 1 heterocycles. The van der Waals surface area contributed by atoms with E-state index in [9.17, 15) is 9.59 Å². The highest BCUT2D eigenvalue weighted by atomic mass is 16.2. The van der Waals surface area contributed by atoms with Crippen molar-refractivity contribution in [3.05, 3.63) is 35.4 Å². The summed E-state index contributed by atoms with van der Waals surface area (Å²) in [4.78, 5) is 25.0. The molecule has 1 atom stereocenters. The van der Waals surface area contributed by atoms with Crippen molar-refractivity contribution in [3.63, 3.8) is 0 Å². The average Bonchev–Trinajstić information content (AvgIpc) is 2.78. The normalized spacial score (nSPS) is 18.6. The molecular weight excluding hydrogens is 228 g/mol. The third-order valence-electron chi connectivity index (χ3n) is 3.37. The lowest BCUT2D eigenvalue weighted by Crippen LogP contribution is -2.33. The van der Waals surface area contributed by atoms with E-state index in [0.717, 1.165) is 5.56 Å². The standard InChI is InChI=1S/C14H18N2O2/c1-10-5-3-4-6-11(10)9-16(2)14(18)12-7-13(17)15-8-12/h3-6,12H,7-9H2,1-2H3,(H,15,17). The fourth-order valence-electron chi connectivity index (χ4n) is 2.21. The molecule has 4 nitrogen and oxygen atoms in total. The number of rotatable bonds is 3. The summed E-state index contributed by atoms with van der Waals surface area (Å²) < 4.78 is 0. The molecule has 0 aromatic heterocycles. The summed E-state index contributed by atoms with van der Waals surface area (Å²) >= 11 is 0. The van der Waals surface area contributed by atoms with E-state index in [-0.39, 0.29) is 17.7 Å². The molecule has 1 fully saturated rings. The average molecular weight is 246 g/mol. The molecule has 1 aromatic carbocycles. The molecule has 96 valence electrons. The quantitative estimate of drug-likeness (QED) is 0.868. The van der Waals surface area contributed by atoms with E-state index in [2.05, 4.69) is 5.32 Å². The maximum absolute atomic E-state index is 12.1. The van der Waals surface area contributed by atoms with Gasteiger partial charge in [0.1, 0.15) is 0 Å². The van der Waals surface area contributed by atoms with Gasteiger partial charge in [0, 0.05) is 26.6 Å². The minimum atomic E-state index is -0.202. The molecule has 1 N–H and O–H groups in total. The maximum Gasteiger partial charge on any atom is 0.228 e. The monoisotopic (exact) mass is 246 g/mol. The van der Waals surface area contributed by atoms with Crippen LogP contribution in [0.3, 0.4) is 0 Å². The molecule has 1 unspecified atom stereocenters. The van der Waals surface area contributed by atoms with Gasteiger partial charge in [-0.1, -0.05) is 24.3 Å². The zero-order chi connectivity index (χ0) is 13.1. The van der Waals surface area contributed by atoms with E-state index in [1.165, 1.54) is 5.56 Å². The van der Waals surface area contributed by atoms with Crippen molar-refractivity contribution in [1.29, 1.82) is 0 Å². The van der Waals surface area contributed by atoms with Crippen LogP contribution in [0.5, 0.6) is 0 Å². The van der Waals surface area contributed by atoms with Gasteiger partial charge in [-0.05, 0) is 18.1 Å². The Morgan fingerprint density at radius 1 is 1.44 bits per heavy atom. The highest BCUT2D eigenvalue weighted by Gasteiger charge is 2.29. The molecule has 4 heteroatoms. The minimum Gasteiger partial charge on any atom is -0.355 e. The smallest absolute Gasteiger partial charge is 0.228 e. The largest absolute Gasteiger partial charge is 0.355 e. The Balaban J connectivity index is 2.00. The Labute approximate surface area is 107 Å². The van der Waals surface area contributed by atoms with Gasteiger partial charge >= 0.3 is 0 Å². The Hall–Kier alpha value is -1.84. The summed E-state index contributed by atoms with van der Waals surface area (Å²) in [7, 11) is 1.79. The van der Waals surface area contributed by atoms with Crippen LogP contribution < -0.4 is 5.32 Å². The molecule has 1 aliphatic rings. The first-order chi connectivity index (χ1) is 8.58. The molecule has 1 saturated heterocycles. The van der Waals surface area contributed by atoms with Crippen molar-refractivity contribution in [1.82, 2.24) is 10.2 Å². The second-order valence-corrected chi connectivity index (χ2v) is 4.83. The van der Waals surface area contributed by atoms with Crippen LogP contribution in [-0.4, -0.2) is 30.3 Å². The molecule has 0 saturated carbocycles. The molecular formula is C14H18N2O2. The SMILES string of the molecule is Cc1ccccc1CN(C)C(=O)C1CNC(=O)C1. The molecule has 0 aliphatic carbocycles. The molecule has 0 spiro atoms. The van der Waals surface area contributed by atoms with Crippen molar-refractivity contribution in [3.8, 4) is 0 Å². The Morgan fingerprint density at radius 3 is 2.78 bits per heavy atom. The van der Waals surface area contributed by atoms with Gasteiger partial charge in [0.2, 0.25) is 11.8 Å². The van der Waals surface area contributed by atoms with Gasteiger partial charge < -0.3 is 10.2 Å². The number of amides is 2. The van der Waals surface area contributed by atoms with Gasteiger partial charge in [-0.3, -0.25) is 9.59 Å². The van der Waals surface area contributed by atoms with Gasteiger partial charge in [0.25, 0.3) is 0 Å². The summed E-state index contributed by atoms with van der Waals surface area (Å²) in [6.45, 7) is 3.10. The van der Waals surface area contributed by atoms with E-state index in [4.69, 9.17) is 0 Å². The zero-order valence-electron chi connectivity index (χ0n) is 10.8. The van der Waals surface area contributed by atoms with Crippen LogP contribution in [0.1, 0.15) is 17.5 Å². The molecule has 2 rings (SSSR count). The lowest BCUT2D eigenvalue weighted by molar-refractivity contribution is -0.135. The van der Waals surface area contributed by atoms with Crippen molar-refractivity contribution >= 4 is 11.8 Å². The Kier molecular flexibility index (Phi) is 3.65. The van der Waals surface area contributed by atoms with Crippen LogP contribution in [0.15, 0.2) is 24.3 Å². The highest BCUT2D eigenvalue weighted by molar-refractivity contribution is 5.89. The third-order valence-corrected chi connectivity index (χ3v) is 3.37. The van der Waals surface area contributed by atoms with Crippen LogP contribution in [0.4, 0.5) is 0 Å². The highest BCUT2D eigenvalue weighted by Crippen LogP contribution is 2.15. The fraction of sp³-hybridized carbons (Fsp3) is 0.429. The van der Waals surface area contributed by atoms with E-state index in [0.29, 0.717) is 19.5 Å².